The number of amides is 1. The number of halogens is 1. The SMILES string of the molecule is O=C(Cn1c(=O)oc2cc(Cl)ccc21)N1CCN(Cc2ccc3c(c2)OCO3)CC1. The highest BCUT2D eigenvalue weighted by molar-refractivity contribution is 6.31. The van der Waals surface area contributed by atoms with Crippen LogP contribution >= 0.6 is 11.6 Å². The molecule has 0 bridgehead atoms. The number of nitrogens with zero attached hydrogens (tertiary/aromatic N) is 3. The maximum atomic E-state index is 12.8. The number of hydrogen-bond donors (Lipinski definition) is 0. The Morgan fingerprint density at radius 2 is 1.80 bits per heavy atom. The molecular weight excluding hydrogens is 410 g/mol. The van der Waals surface area contributed by atoms with Crippen LogP contribution in [-0.2, 0) is 17.9 Å². The van der Waals surface area contributed by atoms with Crippen LogP contribution in [0.3, 0.4) is 0 Å². The summed E-state index contributed by atoms with van der Waals surface area (Å²) in [5.41, 5.74) is 2.10. The Morgan fingerprint density at radius 3 is 2.63 bits per heavy atom. The van der Waals surface area contributed by atoms with Crippen molar-refractivity contribution in [1.29, 1.82) is 0 Å². The van der Waals surface area contributed by atoms with E-state index < -0.39 is 5.76 Å². The normalized spacial score (nSPS) is 16.4. The van der Waals surface area contributed by atoms with Crippen molar-refractivity contribution in [2.75, 3.05) is 33.0 Å². The van der Waals surface area contributed by atoms with Gasteiger partial charge in [-0.1, -0.05) is 17.7 Å². The molecule has 3 aromatic rings. The second-order valence-electron chi connectivity index (χ2n) is 7.41. The number of rotatable bonds is 4. The fourth-order valence-electron chi connectivity index (χ4n) is 3.88. The molecule has 0 unspecified atom stereocenters. The maximum absolute atomic E-state index is 12.8. The van der Waals surface area contributed by atoms with Crippen LogP contribution in [0.1, 0.15) is 5.56 Å². The lowest BCUT2D eigenvalue weighted by Gasteiger charge is -2.34. The fraction of sp³-hybridized carbons (Fsp3) is 0.333. The first-order chi connectivity index (χ1) is 14.6. The topological polar surface area (TPSA) is 77.2 Å². The minimum absolute atomic E-state index is 0.0460. The lowest BCUT2D eigenvalue weighted by Crippen LogP contribution is -2.49. The Balaban J connectivity index is 1.20. The van der Waals surface area contributed by atoms with Gasteiger partial charge in [0, 0.05) is 43.8 Å². The third kappa shape index (κ3) is 3.64. The van der Waals surface area contributed by atoms with Crippen molar-refractivity contribution in [2.45, 2.75) is 13.1 Å². The Kier molecular flexibility index (Phi) is 4.88. The van der Waals surface area contributed by atoms with E-state index in [1.807, 2.05) is 18.2 Å². The number of oxazole rings is 1. The number of piperazine rings is 1. The Morgan fingerprint density at radius 1 is 1.00 bits per heavy atom. The predicted octanol–water partition coefficient (Wildman–Crippen LogP) is 2.32. The second-order valence-corrected chi connectivity index (χ2v) is 7.85. The molecule has 0 atom stereocenters. The van der Waals surface area contributed by atoms with Crippen molar-refractivity contribution in [2.24, 2.45) is 0 Å². The summed E-state index contributed by atoms with van der Waals surface area (Å²) in [6.07, 6.45) is 0. The summed E-state index contributed by atoms with van der Waals surface area (Å²) in [5.74, 6) is 0.901. The number of fused-ring (bicyclic) bond motifs is 2. The summed E-state index contributed by atoms with van der Waals surface area (Å²) >= 11 is 5.94. The van der Waals surface area contributed by atoms with Gasteiger partial charge in [-0.25, -0.2) is 4.79 Å². The Hall–Kier alpha value is -2.97. The molecule has 1 amide bonds. The molecule has 2 aromatic carbocycles. The van der Waals surface area contributed by atoms with Crippen molar-refractivity contribution in [3.05, 3.63) is 57.5 Å². The summed E-state index contributed by atoms with van der Waals surface area (Å²) in [5, 5.41) is 0.480. The number of hydrogen-bond acceptors (Lipinski definition) is 6. The van der Waals surface area contributed by atoms with Crippen LogP contribution in [0.25, 0.3) is 11.1 Å². The van der Waals surface area contributed by atoms with Gasteiger partial charge in [-0.2, -0.15) is 0 Å². The number of carbonyl (C=O) groups is 1. The summed E-state index contributed by atoms with van der Waals surface area (Å²) in [4.78, 5) is 29.0. The Labute approximate surface area is 177 Å². The van der Waals surface area contributed by atoms with Gasteiger partial charge in [0.05, 0.1) is 5.52 Å². The van der Waals surface area contributed by atoms with Crippen molar-refractivity contribution in [1.82, 2.24) is 14.4 Å². The molecule has 1 saturated heterocycles. The molecule has 30 heavy (non-hydrogen) atoms. The van der Waals surface area contributed by atoms with Gasteiger partial charge in [0.1, 0.15) is 6.54 Å². The summed E-state index contributed by atoms with van der Waals surface area (Å²) in [7, 11) is 0. The van der Waals surface area contributed by atoms with Crippen LogP contribution < -0.4 is 15.2 Å². The van der Waals surface area contributed by atoms with Crippen LogP contribution in [0.5, 0.6) is 11.5 Å². The van der Waals surface area contributed by atoms with Crippen LogP contribution in [0.4, 0.5) is 0 Å². The molecule has 2 aliphatic rings. The van der Waals surface area contributed by atoms with E-state index in [0.29, 0.717) is 29.2 Å². The number of aromatic nitrogens is 1. The van der Waals surface area contributed by atoms with Crippen LogP contribution in [0.15, 0.2) is 45.6 Å². The summed E-state index contributed by atoms with van der Waals surface area (Å²) in [6.45, 7) is 3.75. The van der Waals surface area contributed by atoms with Gasteiger partial charge in [-0.3, -0.25) is 14.3 Å². The largest absolute Gasteiger partial charge is 0.454 e. The lowest BCUT2D eigenvalue weighted by atomic mass is 10.1. The monoisotopic (exact) mass is 429 g/mol. The molecular formula is C21H20ClN3O5. The van der Waals surface area contributed by atoms with Crippen molar-refractivity contribution >= 4 is 28.6 Å². The van der Waals surface area contributed by atoms with Crippen molar-refractivity contribution in [3.63, 3.8) is 0 Å². The second kappa shape index (κ2) is 7.70. The third-order valence-electron chi connectivity index (χ3n) is 5.49. The van der Waals surface area contributed by atoms with E-state index in [1.165, 1.54) is 4.57 Å². The molecule has 0 radical (unpaired) electrons. The molecule has 1 aromatic heterocycles. The minimum Gasteiger partial charge on any atom is -0.454 e. The summed E-state index contributed by atoms with van der Waals surface area (Å²) < 4.78 is 17.3. The molecule has 156 valence electrons. The molecule has 8 nitrogen and oxygen atoms in total. The predicted molar refractivity (Wildman–Crippen MR) is 110 cm³/mol. The van der Waals surface area contributed by atoms with Crippen molar-refractivity contribution < 1.29 is 18.7 Å². The fourth-order valence-corrected chi connectivity index (χ4v) is 4.04. The highest BCUT2D eigenvalue weighted by Gasteiger charge is 2.23. The van der Waals surface area contributed by atoms with Gasteiger partial charge in [-0.05, 0) is 29.8 Å². The quantitative estimate of drug-likeness (QED) is 0.633. The molecule has 9 heteroatoms. The van der Waals surface area contributed by atoms with Gasteiger partial charge in [0.25, 0.3) is 0 Å². The van der Waals surface area contributed by atoms with Crippen LogP contribution in [0.2, 0.25) is 5.02 Å². The minimum atomic E-state index is -0.554. The first kappa shape index (κ1) is 19.0. The molecule has 2 aliphatic heterocycles. The average molecular weight is 430 g/mol. The first-order valence-corrected chi connectivity index (χ1v) is 10.1. The van der Waals surface area contributed by atoms with E-state index >= 15 is 0 Å². The summed E-state index contributed by atoms with van der Waals surface area (Å²) in [6, 6.07) is 10.9. The van der Waals surface area contributed by atoms with Crippen LogP contribution in [0, 0.1) is 0 Å². The van der Waals surface area contributed by atoms with E-state index in [-0.39, 0.29) is 19.2 Å². The molecule has 0 N–H and O–H groups in total. The van der Waals surface area contributed by atoms with E-state index in [9.17, 15) is 9.59 Å². The molecule has 0 aliphatic carbocycles. The molecule has 1 fully saturated rings. The Bertz CT molecular complexity index is 1160. The number of carbonyl (C=O) groups excluding carboxylic acids is 1. The zero-order valence-electron chi connectivity index (χ0n) is 16.2. The van der Waals surface area contributed by atoms with Gasteiger partial charge >= 0.3 is 5.76 Å². The third-order valence-corrected chi connectivity index (χ3v) is 5.73. The maximum Gasteiger partial charge on any atom is 0.420 e. The van der Waals surface area contributed by atoms with E-state index in [0.717, 1.165) is 36.7 Å². The molecule has 3 heterocycles. The van der Waals surface area contributed by atoms with Crippen molar-refractivity contribution in [3.8, 4) is 11.5 Å². The van der Waals surface area contributed by atoms with E-state index in [4.69, 9.17) is 25.5 Å². The highest BCUT2D eigenvalue weighted by Crippen LogP contribution is 2.32. The smallest absolute Gasteiger partial charge is 0.420 e. The van der Waals surface area contributed by atoms with E-state index in [1.54, 1.807) is 23.1 Å². The molecule has 5 rings (SSSR count). The highest BCUT2D eigenvalue weighted by atomic mass is 35.5. The standard InChI is InChI=1S/C21H20ClN3O5/c22-15-2-3-16-18(10-15)30-21(27)25(16)12-20(26)24-7-5-23(6-8-24)11-14-1-4-17-19(9-14)29-13-28-17/h1-4,9-10H,5-8,11-13H2. The van der Waals surface area contributed by atoms with Gasteiger partial charge in [0.2, 0.25) is 12.7 Å². The van der Waals surface area contributed by atoms with Gasteiger partial charge < -0.3 is 18.8 Å². The lowest BCUT2D eigenvalue weighted by molar-refractivity contribution is -0.133. The van der Waals surface area contributed by atoms with Gasteiger partial charge in [0.15, 0.2) is 17.1 Å². The number of benzene rings is 2. The number of ether oxygens (including phenoxy) is 2. The van der Waals surface area contributed by atoms with Gasteiger partial charge in [-0.15, -0.1) is 0 Å². The first-order valence-electron chi connectivity index (χ1n) is 9.74. The molecule has 0 spiro atoms. The zero-order valence-corrected chi connectivity index (χ0v) is 16.9. The average Bonchev–Trinajstić information content (AvgIpc) is 3.32. The van der Waals surface area contributed by atoms with E-state index in [2.05, 4.69) is 4.90 Å². The zero-order chi connectivity index (χ0) is 20.7. The van der Waals surface area contributed by atoms with Crippen LogP contribution in [-0.4, -0.2) is 53.2 Å². The molecule has 0 saturated carbocycles.